The van der Waals surface area contributed by atoms with E-state index in [1.54, 1.807) is 24.4 Å². The molecule has 5 rings (SSSR count). The molecule has 0 spiro atoms. The van der Waals surface area contributed by atoms with Gasteiger partial charge < -0.3 is 24.0 Å². The molecule has 0 saturated carbocycles. The van der Waals surface area contributed by atoms with E-state index in [-0.39, 0.29) is 4.90 Å². The van der Waals surface area contributed by atoms with Crippen LogP contribution in [0.15, 0.2) is 35.4 Å². The topological polar surface area (TPSA) is 97.3 Å². The van der Waals surface area contributed by atoms with E-state index in [1.165, 1.54) is 4.31 Å². The average molecular weight is 448 g/mol. The van der Waals surface area contributed by atoms with E-state index in [4.69, 9.17) is 14.2 Å². The van der Waals surface area contributed by atoms with Crippen molar-refractivity contribution >= 4 is 21.5 Å². The maximum Gasteiger partial charge on any atom is 0.243 e. The second kappa shape index (κ2) is 8.48. The molecule has 31 heavy (non-hydrogen) atoms. The molecule has 0 N–H and O–H groups in total. The summed E-state index contributed by atoms with van der Waals surface area (Å²) in [7, 11) is -3.61. The molecule has 4 heterocycles. The summed E-state index contributed by atoms with van der Waals surface area (Å²) in [5.41, 5.74) is 0.952. The third-order valence-corrected chi connectivity index (χ3v) is 7.61. The highest BCUT2D eigenvalue weighted by molar-refractivity contribution is 7.89. The van der Waals surface area contributed by atoms with Gasteiger partial charge in [0, 0.05) is 51.4 Å². The van der Waals surface area contributed by atoms with Gasteiger partial charge in [-0.2, -0.15) is 9.40 Å². The standard InChI is InChI=1S/C20H25N5O5S/c26-31(27,17-1-2-18-19(14-17)30-12-11-29-18)25-5-3-23(4-6-25)16-13-20(22-21-15-16)24-7-9-28-10-8-24/h1-2,13-15H,3-12H2. The molecule has 0 atom stereocenters. The highest BCUT2D eigenvalue weighted by atomic mass is 32.2. The quantitative estimate of drug-likeness (QED) is 0.667. The Labute approximate surface area is 181 Å². The van der Waals surface area contributed by atoms with Gasteiger partial charge in [-0.25, -0.2) is 8.42 Å². The predicted molar refractivity (Wildman–Crippen MR) is 113 cm³/mol. The Morgan fingerprint density at radius 1 is 0.806 bits per heavy atom. The molecule has 0 unspecified atom stereocenters. The number of fused-ring (bicyclic) bond motifs is 1. The normalized spacial score (nSPS) is 20.0. The lowest BCUT2D eigenvalue weighted by molar-refractivity contribution is 0.122. The highest BCUT2D eigenvalue weighted by Gasteiger charge is 2.30. The first kappa shape index (κ1) is 20.3. The maximum atomic E-state index is 13.1. The molecule has 2 aromatic rings. The van der Waals surface area contributed by atoms with E-state index in [0.29, 0.717) is 64.1 Å². The average Bonchev–Trinajstić information content (AvgIpc) is 2.84. The summed E-state index contributed by atoms with van der Waals surface area (Å²) in [6.45, 7) is 5.79. The highest BCUT2D eigenvalue weighted by Crippen LogP contribution is 2.33. The van der Waals surface area contributed by atoms with Crippen LogP contribution in [-0.2, 0) is 14.8 Å². The zero-order valence-electron chi connectivity index (χ0n) is 17.1. The minimum Gasteiger partial charge on any atom is -0.486 e. The summed E-state index contributed by atoms with van der Waals surface area (Å²) in [5, 5.41) is 8.41. The number of morpholine rings is 1. The van der Waals surface area contributed by atoms with Gasteiger partial charge in [0.1, 0.15) is 13.2 Å². The zero-order valence-corrected chi connectivity index (χ0v) is 18.0. The van der Waals surface area contributed by atoms with Crippen LogP contribution in [0.5, 0.6) is 11.5 Å². The molecule has 3 aliphatic heterocycles. The monoisotopic (exact) mass is 447 g/mol. The van der Waals surface area contributed by atoms with Gasteiger partial charge >= 0.3 is 0 Å². The molecule has 11 heteroatoms. The number of benzene rings is 1. The molecule has 166 valence electrons. The Balaban J connectivity index is 1.27. The first-order chi connectivity index (χ1) is 15.1. The van der Waals surface area contributed by atoms with Gasteiger partial charge in [-0.05, 0) is 12.1 Å². The molecule has 0 amide bonds. The predicted octanol–water partition coefficient (Wildman–Crippen LogP) is 0.595. The third kappa shape index (κ3) is 4.12. The molecule has 1 aromatic heterocycles. The van der Waals surface area contributed by atoms with E-state index in [2.05, 4.69) is 20.0 Å². The molecule has 2 saturated heterocycles. The van der Waals surface area contributed by atoms with Gasteiger partial charge in [-0.1, -0.05) is 0 Å². The number of hydrogen-bond donors (Lipinski definition) is 0. The number of hydrogen-bond acceptors (Lipinski definition) is 9. The van der Waals surface area contributed by atoms with Crippen LogP contribution in [0, 0.1) is 0 Å². The van der Waals surface area contributed by atoms with Crippen molar-refractivity contribution in [1.82, 2.24) is 14.5 Å². The summed E-state index contributed by atoms with van der Waals surface area (Å²) in [6.07, 6.45) is 1.73. The van der Waals surface area contributed by atoms with Crippen molar-refractivity contribution in [2.24, 2.45) is 0 Å². The first-order valence-electron chi connectivity index (χ1n) is 10.4. The van der Waals surface area contributed by atoms with Gasteiger partial charge in [0.25, 0.3) is 0 Å². The molecule has 2 fully saturated rings. The van der Waals surface area contributed by atoms with E-state index >= 15 is 0 Å². The van der Waals surface area contributed by atoms with Crippen molar-refractivity contribution in [3.8, 4) is 11.5 Å². The Morgan fingerprint density at radius 2 is 1.55 bits per heavy atom. The lowest BCUT2D eigenvalue weighted by atomic mass is 10.3. The van der Waals surface area contributed by atoms with E-state index < -0.39 is 10.0 Å². The third-order valence-electron chi connectivity index (χ3n) is 5.72. The molecule has 10 nitrogen and oxygen atoms in total. The van der Waals surface area contributed by atoms with Crippen molar-refractivity contribution in [1.29, 1.82) is 0 Å². The molecular formula is C20H25N5O5S. The zero-order chi connectivity index (χ0) is 21.3. The first-order valence-corrected chi connectivity index (χ1v) is 11.9. The summed E-state index contributed by atoms with van der Waals surface area (Å²) in [5.74, 6) is 1.88. The van der Waals surface area contributed by atoms with Crippen molar-refractivity contribution < 1.29 is 22.6 Å². The van der Waals surface area contributed by atoms with Crippen molar-refractivity contribution in [2.45, 2.75) is 4.90 Å². The Bertz CT molecular complexity index is 1040. The fourth-order valence-corrected chi connectivity index (χ4v) is 5.42. The number of nitrogens with zero attached hydrogens (tertiary/aromatic N) is 5. The molecule has 0 bridgehead atoms. The maximum absolute atomic E-state index is 13.1. The summed E-state index contributed by atoms with van der Waals surface area (Å²) < 4.78 is 44.2. The van der Waals surface area contributed by atoms with Crippen LogP contribution >= 0.6 is 0 Å². The summed E-state index contributed by atoms with van der Waals surface area (Å²) >= 11 is 0. The van der Waals surface area contributed by atoms with Gasteiger partial charge in [-0.15, -0.1) is 5.10 Å². The second-order valence-corrected chi connectivity index (χ2v) is 9.51. The van der Waals surface area contributed by atoms with Crippen LogP contribution in [-0.4, -0.2) is 88.6 Å². The van der Waals surface area contributed by atoms with Gasteiger partial charge in [0.2, 0.25) is 10.0 Å². The molecule has 1 aromatic carbocycles. The van der Waals surface area contributed by atoms with E-state index in [0.717, 1.165) is 24.6 Å². The Morgan fingerprint density at radius 3 is 2.32 bits per heavy atom. The fourth-order valence-electron chi connectivity index (χ4n) is 3.99. The summed E-state index contributed by atoms with van der Waals surface area (Å²) in [4.78, 5) is 4.53. The molecule has 0 aliphatic carbocycles. The van der Waals surface area contributed by atoms with Crippen LogP contribution in [0.25, 0.3) is 0 Å². The van der Waals surface area contributed by atoms with E-state index in [1.807, 2.05) is 6.07 Å². The number of anilines is 2. The van der Waals surface area contributed by atoms with Crippen molar-refractivity contribution in [2.75, 3.05) is 75.5 Å². The number of aromatic nitrogens is 2. The number of ether oxygens (including phenoxy) is 3. The van der Waals surface area contributed by atoms with Crippen LogP contribution < -0.4 is 19.3 Å². The van der Waals surface area contributed by atoms with Gasteiger partial charge in [0.05, 0.1) is 30.0 Å². The van der Waals surface area contributed by atoms with Gasteiger partial charge in [-0.3, -0.25) is 0 Å². The molecule has 3 aliphatic rings. The largest absolute Gasteiger partial charge is 0.486 e. The number of piperazine rings is 1. The van der Waals surface area contributed by atoms with Crippen LogP contribution in [0.3, 0.4) is 0 Å². The smallest absolute Gasteiger partial charge is 0.243 e. The minimum absolute atomic E-state index is 0.227. The summed E-state index contributed by atoms with van der Waals surface area (Å²) in [6, 6.07) is 6.81. The molecular weight excluding hydrogens is 422 g/mol. The lowest BCUT2D eigenvalue weighted by Gasteiger charge is -2.35. The van der Waals surface area contributed by atoms with Crippen LogP contribution in [0.1, 0.15) is 0 Å². The number of sulfonamides is 1. The SMILES string of the molecule is O=S(=O)(c1ccc2c(c1)OCCO2)N1CCN(c2cnnc(N3CCOCC3)c2)CC1. The van der Waals surface area contributed by atoms with Crippen LogP contribution in [0.4, 0.5) is 11.5 Å². The van der Waals surface area contributed by atoms with Crippen LogP contribution in [0.2, 0.25) is 0 Å². The van der Waals surface area contributed by atoms with Crippen molar-refractivity contribution in [3.05, 3.63) is 30.5 Å². The lowest BCUT2D eigenvalue weighted by Crippen LogP contribution is -2.48. The minimum atomic E-state index is -3.61. The molecule has 0 radical (unpaired) electrons. The Hall–Kier alpha value is -2.63. The second-order valence-electron chi connectivity index (χ2n) is 7.57. The Kier molecular flexibility index (Phi) is 5.55. The number of rotatable bonds is 4. The van der Waals surface area contributed by atoms with E-state index in [9.17, 15) is 8.42 Å². The van der Waals surface area contributed by atoms with Crippen molar-refractivity contribution in [3.63, 3.8) is 0 Å². The fraction of sp³-hybridized carbons (Fsp3) is 0.500. The van der Waals surface area contributed by atoms with Gasteiger partial charge in [0.15, 0.2) is 17.3 Å².